The number of carbonyl (C=O) groups is 3. The summed E-state index contributed by atoms with van der Waals surface area (Å²) >= 11 is 0. The van der Waals surface area contributed by atoms with Crippen molar-refractivity contribution in [2.24, 2.45) is 11.8 Å². The average molecular weight is 462 g/mol. The van der Waals surface area contributed by atoms with Crippen LogP contribution < -0.4 is 10.0 Å². The van der Waals surface area contributed by atoms with E-state index in [-0.39, 0.29) is 0 Å². The number of rotatable bonds is 2. The predicted molar refractivity (Wildman–Crippen MR) is 111 cm³/mol. The zero-order valence-electron chi connectivity index (χ0n) is 17.4. The van der Waals surface area contributed by atoms with Gasteiger partial charge in [-0.05, 0) is 34.4 Å². The van der Waals surface area contributed by atoms with Gasteiger partial charge >= 0.3 is 6.18 Å². The molecule has 2 unspecified atom stereocenters. The molecule has 1 saturated heterocycles. The maximum absolute atomic E-state index is 13.8. The summed E-state index contributed by atoms with van der Waals surface area (Å²) in [4.78, 5) is 41.0. The van der Waals surface area contributed by atoms with Gasteiger partial charge in [0.25, 0.3) is 0 Å². The molecule has 0 saturated carbocycles. The SMILES string of the molecule is O=C1C2C3c4ccccc4C(C(=O)[O-])(c4ccccc43)C2C(=O)N1c1ccccc1C(F)(F)F. The molecule has 3 aromatic rings. The molecule has 5 nitrogen and oxygen atoms in total. The van der Waals surface area contributed by atoms with Crippen molar-refractivity contribution in [2.45, 2.75) is 17.5 Å². The van der Waals surface area contributed by atoms with E-state index in [0.717, 1.165) is 12.1 Å². The second-order valence-corrected chi connectivity index (χ2v) is 8.78. The lowest BCUT2D eigenvalue weighted by molar-refractivity contribution is -0.314. The minimum absolute atomic E-state index is 0.340. The van der Waals surface area contributed by atoms with E-state index < -0.39 is 58.4 Å². The van der Waals surface area contributed by atoms with E-state index in [2.05, 4.69) is 0 Å². The van der Waals surface area contributed by atoms with E-state index >= 15 is 0 Å². The third-order valence-corrected chi connectivity index (χ3v) is 7.39. The van der Waals surface area contributed by atoms with Gasteiger partial charge in [-0.1, -0.05) is 60.7 Å². The Kier molecular flexibility index (Phi) is 3.98. The van der Waals surface area contributed by atoms with E-state index in [9.17, 15) is 32.7 Å². The van der Waals surface area contributed by atoms with Gasteiger partial charge in [0, 0.05) is 5.92 Å². The monoisotopic (exact) mass is 462 g/mol. The van der Waals surface area contributed by atoms with Crippen molar-refractivity contribution < 1.29 is 32.7 Å². The molecule has 0 aromatic heterocycles. The topological polar surface area (TPSA) is 77.5 Å². The number of carbonyl (C=O) groups excluding carboxylic acids is 3. The summed E-state index contributed by atoms with van der Waals surface area (Å²) in [6, 6.07) is 17.6. The van der Waals surface area contributed by atoms with Crippen LogP contribution >= 0.6 is 0 Å². The molecule has 3 aliphatic carbocycles. The van der Waals surface area contributed by atoms with Crippen molar-refractivity contribution in [1.29, 1.82) is 0 Å². The number of benzene rings is 3. The Morgan fingerprint density at radius 1 is 0.824 bits per heavy atom. The molecule has 0 radical (unpaired) electrons. The summed E-state index contributed by atoms with van der Waals surface area (Å²) in [5.41, 5.74) is -1.92. The molecule has 8 heteroatoms. The van der Waals surface area contributed by atoms with E-state index in [4.69, 9.17) is 0 Å². The molecule has 4 aliphatic rings. The molecular formula is C26H15F3NO4-. The summed E-state index contributed by atoms with van der Waals surface area (Å²) in [5.74, 6) is -6.64. The van der Waals surface area contributed by atoms with Crippen molar-refractivity contribution in [1.82, 2.24) is 0 Å². The standard InChI is InChI=1S/C26H16F3NO4/c27-26(28,29)17-11-5-6-12-18(17)30-22(31)20-19-13-7-1-3-9-15(13)25(24(33)34,21(20)23(30)32)16-10-4-2-8-14(16)19/h1-12,19-21H,(H,33,34)/p-1. The number of alkyl halides is 3. The zero-order valence-corrected chi connectivity index (χ0v) is 17.4. The first kappa shape index (κ1) is 20.7. The van der Waals surface area contributed by atoms with Gasteiger partial charge in [0.1, 0.15) is 0 Å². The van der Waals surface area contributed by atoms with Crippen LogP contribution in [0.4, 0.5) is 18.9 Å². The second kappa shape index (κ2) is 6.56. The minimum atomic E-state index is -4.82. The van der Waals surface area contributed by atoms with Gasteiger partial charge in [0.2, 0.25) is 11.8 Å². The van der Waals surface area contributed by atoms with Gasteiger partial charge < -0.3 is 9.90 Å². The number of hydrogen-bond donors (Lipinski definition) is 0. The highest BCUT2D eigenvalue weighted by molar-refractivity contribution is 6.25. The number of anilines is 1. The van der Waals surface area contributed by atoms with Gasteiger partial charge in [0.05, 0.1) is 34.5 Å². The van der Waals surface area contributed by atoms with Crippen molar-refractivity contribution in [3.63, 3.8) is 0 Å². The first-order valence-electron chi connectivity index (χ1n) is 10.6. The molecule has 2 atom stereocenters. The number of carboxylic acids is 1. The van der Waals surface area contributed by atoms with Gasteiger partial charge in [-0.15, -0.1) is 0 Å². The summed E-state index contributed by atoms with van der Waals surface area (Å²) in [5, 5.41) is 12.9. The largest absolute Gasteiger partial charge is 0.549 e. The predicted octanol–water partition coefficient (Wildman–Crippen LogP) is 3.01. The molecule has 1 heterocycles. The van der Waals surface area contributed by atoms with Crippen molar-refractivity contribution >= 4 is 23.5 Å². The lowest BCUT2D eigenvalue weighted by Gasteiger charge is -2.54. The third kappa shape index (κ3) is 2.27. The molecule has 0 N–H and O–H groups in total. The number of imide groups is 1. The van der Waals surface area contributed by atoms with Crippen LogP contribution in [0.3, 0.4) is 0 Å². The van der Waals surface area contributed by atoms with Gasteiger partial charge in [-0.3, -0.25) is 9.59 Å². The number of amides is 2. The van der Waals surface area contributed by atoms with Crippen LogP contribution in [0.1, 0.15) is 33.7 Å². The number of para-hydroxylation sites is 1. The number of halogens is 3. The van der Waals surface area contributed by atoms with Gasteiger partial charge in [0.15, 0.2) is 0 Å². The number of carboxylic acid groups (broad SMARTS) is 1. The first-order valence-corrected chi connectivity index (χ1v) is 10.6. The summed E-state index contributed by atoms with van der Waals surface area (Å²) in [7, 11) is 0. The van der Waals surface area contributed by atoms with Crippen LogP contribution in [-0.4, -0.2) is 17.8 Å². The van der Waals surface area contributed by atoms with Crippen LogP contribution in [0, 0.1) is 11.8 Å². The van der Waals surface area contributed by atoms with Crippen LogP contribution in [0.5, 0.6) is 0 Å². The Balaban J connectivity index is 1.66. The normalized spacial score (nSPS) is 26.8. The molecular weight excluding hydrogens is 447 g/mol. The van der Waals surface area contributed by atoms with Gasteiger partial charge in [-0.25, -0.2) is 4.90 Å². The lowest BCUT2D eigenvalue weighted by atomic mass is 9.47. The van der Waals surface area contributed by atoms with Crippen LogP contribution in [-0.2, 0) is 26.0 Å². The first-order chi connectivity index (χ1) is 16.2. The zero-order chi connectivity index (χ0) is 24.0. The van der Waals surface area contributed by atoms with Crippen LogP contribution in [0.15, 0.2) is 72.8 Å². The van der Waals surface area contributed by atoms with Crippen LogP contribution in [0.2, 0.25) is 0 Å². The summed E-state index contributed by atoms with van der Waals surface area (Å²) in [6.07, 6.45) is -4.82. The maximum Gasteiger partial charge on any atom is 0.418 e. The lowest BCUT2D eigenvalue weighted by Crippen LogP contribution is -2.61. The highest BCUT2D eigenvalue weighted by Crippen LogP contribution is 2.64. The van der Waals surface area contributed by atoms with E-state index in [1.807, 2.05) is 0 Å². The third-order valence-electron chi connectivity index (χ3n) is 7.39. The van der Waals surface area contributed by atoms with Gasteiger partial charge in [-0.2, -0.15) is 13.2 Å². The molecule has 170 valence electrons. The molecule has 7 rings (SSSR count). The van der Waals surface area contributed by atoms with E-state index in [1.165, 1.54) is 12.1 Å². The Labute approximate surface area is 191 Å². The maximum atomic E-state index is 13.8. The Hall–Kier alpha value is -3.94. The van der Waals surface area contributed by atoms with E-state index in [1.54, 1.807) is 48.5 Å². The minimum Gasteiger partial charge on any atom is -0.549 e. The van der Waals surface area contributed by atoms with Crippen LogP contribution in [0.25, 0.3) is 0 Å². The molecule has 1 aliphatic heterocycles. The molecule has 1 fully saturated rings. The number of aliphatic carboxylic acids is 1. The summed E-state index contributed by atoms with van der Waals surface area (Å²) in [6.45, 7) is 0. The fraction of sp³-hybridized carbons (Fsp3) is 0.192. The Morgan fingerprint density at radius 2 is 1.35 bits per heavy atom. The molecule has 3 aromatic carbocycles. The Bertz CT molecular complexity index is 1370. The number of hydrogen-bond acceptors (Lipinski definition) is 4. The van der Waals surface area contributed by atoms with Crippen molar-refractivity contribution in [3.8, 4) is 0 Å². The second-order valence-electron chi connectivity index (χ2n) is 8.78. The summed E-state index contributed by atoms with van der Waals surface area (Å²) < 4.78 is 41.3. The highest BCUT2D eigenvalue weighted by atomic mass is 19.4. The Morgan fingerprint density at radius 3 is 1.91 bits per heavy atom. The quantitative estimate of drug-likeness (QED) is 0.549. The average Bonchev–Trinajstić information content (AvgIpc) is 3.09. The smallest absolute Gasteiger partial charge is 0.418 e. The molecule has 0 spiro atoms. The number of nitrogens with zero attached hydrogens (tertiary/aromatic N) is 1. The van der Waals surface area contributed by atoms with E-state index in [0.29, 0.717) is 27.2 Å². The molecule has 2 amide bonds. The fourth-order valence-corrected chi connectivity index (χ4v) is 6.26. The van der Waals surface area contributed by atoms with Crippen molar-refractivity contribution in [2.75, 3.05) is 4.90 Å². The molecule has 2 bridgehead atoms. The highest BCUT2D eigenvalue weighted by Gasteiger charge is 2.69. The fourth-order valence-electron chi connectivity index (χ4n) is 6.26. The van der Waals surface area contributed by atoms with Crippen molar-refractivity contribution in [3.05, 3.63) is 101 Å². The molecule has 34 heavy (non-hydrogen) atoms.